The predicted octanol–water partition coefficient (Wildman–Crippen LogP) is 3.63. The van der Waals surface area contributed by atoms with E-state index >= 15 is 0 Å². The summed E-state index contributed by atoms with van der Waals surface area (Å²) in [5.41, 5.74) is 0.780. The number of hydrogen-bond donors (Lipinski definition) is 1. The second-order valence-corrected chi connectivity index (χ2v) is 5.49. The summed E-state index contributed by atoms with van der Waals surface area (Å²) in [7, 11) is 0. The lowest BCUT2D eigenvalue weighted by molar-refractivity contribution is 0.337. The minimum Gasteiger partial charge on any atom is -0.312 e. The molecule has 1 saturated carbocycles. The minimum absolute atomic E-state index is 0.344. The molecule has 1 aromatic carbocycles. The first kappa shape index (κ1) is 13.4. The van der Waals surface area contributed by atoms with Crippen LogP contribution in [0.2, 0.25) is 0 Å². The molecule has 0 heterocycles. The summed E-state index contributed by atoms with van der Waals surface area (Å²) < 4.78 is 38.8. The largest absolute Gasteiger partial charge is 0.312 e. The summed E-state index contributed by atoms with van der Waals surface area (Å²) in [6, 6.07) is 2.08. The lowest BCUT2D eigenvalue weighted by Crippen LogP contribution is -2.27. The molecule has 2 rings (SSSR count). The van der Waals surface area contributed by atoms with Gasteiger partial charge in [0.1, 0.15) is 0 Å². The average Bonchev–Trinajstić information content (AvgIpc) is 3.07. The fourth-order valence-corrected chi connectivity index (χ4v) is 2.28. The maximum Gasteiger partial charge on any atom is 0.194 e. The van der Waals surface area contributed by atoms with Crippen LogP contribution in [0.4, 0.5) is 13.2 Å². The van der Waals surface area contributed by atoms with Gasteiger partial charge in [-0.15, -0.1) is 0 Å². The first-order chi connectivity index (χ1) is 8.44. The quantitative estimate of drug-likeness (QED) is 0.794. The van der Waals surface area contributed by atoms with E-state index in [1.807, 2.05) is 0 Å². The van der Waals surface area contributed by atoms with Gasteiger partial charge in [0.15, 0.2) is 17.5 Å². The molecule has 1 N–H and O–H groups in total. The van der Waals surface area contributed by atoms with Crippen molar-refractivity contribution in [3.05, 3.63) is 35.1 Å². The lowest BCUT2D eigenvalue weighted by atomic mass is 9.92. The van der Waals surface area contributed by atoms with E-state index in [0.29, 0.717) is 23.4 Å². The molecule has 1 nitrogen and oxygen atoms in total. The molecule has 0 atom stereocenters. The minimum atomic E-state index is -1.40. The summed E-state index contributed by atoms with van der Waals surface area (Å²) in [6.07, 6.45) is 2.40. The first-order valence-corrected chi connectivity index (χ1v) is 6.29. The van der Waals surface area contributed by atoms with Gasteiger partial charge in [0.05, 0.1) is 0 Å². The van der Waals surface area contributed by atoms with Gasteiger partial charge in [-0.2, -0.15) is 0 Å². The van der Waals surface area contributed by atoms with E-state index < -0.39 is 17.5 Å². The van der Waals surface area contributed by atoms with Crippen LogP contribution in [-0.2, 0) is 6.54 Å². The maximum absolute atomic E-state index is 13.0. The lowest BCUT2D eigenvalue weighted by Gasteiger charge is -2.20. The summed E-state index contributed by atoms with van der Waals surface area (Å²) in [5, 5.41) is 3.20. The van der Waals surface area contributed by atoms with Gasteiger partial charge in [0.25, 0.3) is 0 Å². The third-order valence-electron chi connectivity index (χ3n) is 3.97. The Morgan fingerprint density at radius 3 is 2.17 bits per heavy atom. The normalized spacial score (nSPS) is 17.2. The molecule has 0 bridgehead atoms. The molecule has 0 radical (unpaired) electrons. The standard InChI is InChI=1S/C14H18F3N/c1-9(2)14(3-4-14)8-18-7-10-5-11(15)13(17)12(16)6-10/h5-6,9,18H,3-4,7-8H2,1-2H3. The van der Waals surface area contributed by atoms with Crippen LogP contribution in [0.5, 0.6) is 0 Å². The Kier molecular flexibility index (Phi) is 3.66. The fourth-order valence-electron chi connectivity index (χ4n) is 2.28. The highest BCUT2D eigenvalue weighted by Gasteiger charge is 2.44. The molecule has 0 spiro atoms. The van der Waals surface area contributed by atoms with Crippen molar-refractivity contribution >= 4 is 0 Å². The van der Waals surface area contributed by atoms with Crippen LogP contribution in [0, 0.1) is 28.8 Å². The van der Waals surface area contributed by atoms with Crippen molar-refractivity contribution in [2.45, 2.75) is 33.2 Å². The van der Waals surface area contributed by atoms with Crippen LogP contribution >= 0.6 is 0 Å². The van der Waals surface area contributed by atoms with Crippen molar-refractivity contribution in [1.82, 2.24) is 5.32 Å². The number of halogens is 3. The van der Waals surface area contributed by atoms with Gasteiger partial charge >= 0.3 is 0 Å². The van der Waals surface area contributed by atoms with E-state index in [9.17, 15) is 13.2 Å². The average molecular weight is 257 g/mol. The van der Waals surface area contributed by atoms with Crippen LogP contribution in [0.15, 0.2) is 12.1 Å². The van der Waals surface area contributed by atoms with Gasteiger partial charge in [-0.3, -0.25) is 0 Å². The van der Waals surface area contributed by atoms with E-state index in [1.54, 1.807) is 0 Å². The molecule has 0 saturated heterocycles. The Morgan fingerprint density at radius 1 is 1.17 bits per heavy atom. The Morgan fingerprint density at radius 2 is 1.72 bits per heavy atom. The summed E-state index contributed by atoms with van der Waals surface area (Å²) in [6.45, 7) is 5.58. The number of benzene rings is 1. The molecule has 0 amide bonds. The van der Waals surface area contributed by atoms with Crippen molar-refractivity contribution in [3.8, 4) is 0 Å². The van der Waals surface area contributed by atoms with Crippen LogP contribution in [0.3, 0.4) is 0 Å². The zero-order valence-corrected chi connectivity index (χ0v) is 10.7. The van der Waals surface area contributed by atoms with E-state index in [4.69, 9.17) is 0 Å². The van der Waals surface area contributed by atoms with Gasteiger partial charge in [-0.25, -0.2) is 13.2 Å². The summed E-state index contributed by atoms with van der Waals surface area (Å²) in [4.78, 5) is 0. The highest BCUT2D eigenvalue weighted by Crippen LogP contribution is 2.51. The third kappa shape index (κ3) is 2.69. The monoisotopic (exact) mass is 257 g/mol. The van der Waals surface area contributed by atoms with Gasteiger partial charge < -0.3 is 5.32 Å². The van der Waals surface area contributed by atoms with E-state index in [0.717, 1.165) is 18.7 Å². The zero-order valence-electron chi connectivity index (χ0n) is 10.7. The van der Waals surface area contributed by atoms with E-state index in [-0.39, 0.29) is 0 Å². The van der Waals surface area contributed by atoms with E-state index in [2.05, 4.69) is 19.2 Å². The highest BCUT2D eigenvalue weighted by molar-refractivity contribution is 5.19. The summed E-state index contributed by atoms with van der Waals surface area (Å²) >= 11 is 0. The van der Waals surface area contributed by atoms with Crippen LogP contribution in [0.25, 0.3) is 0 Å². The van der Waals surface area contributed by atoms with Crippen molar-refractivity contribution in [1.29, 1.82) is 0 Å². The Balaban J connectivity index is 1.91. The SMILES string of the molecule is CC(C)C1(CNCc2cc(F)c(F)c(F)c2)CC1. The Hall–Kier alpha value is -1.03. The number of hydrogen-bond acceptors (Lipinski definition) is 1. The highest BCUT2D eigenvalue weighted by atomic mass is 19.2. The molecule has 100 valence electrons. The van der Waals surface area contributed by atoms with Crippen LogP contribution in [0.1, 0.15) is 32.3 Å². The smallest absolute Gasteiger partial charge is 0.194 e. The third-order valence-corrected chi connectivity index (χ3v) is 3.97. The first-order valence-electron chi connectivity index (χ1n) is 6.29. The van der Waals surface area contributed by atoms with Crippen LogP contribution < -0.4 is 5.32 Å². The van der Waals surface area contributed by atoms with Gasteiger partial charge in [0.2, 0.25) is 0 Å². The maximum atomic E-state index is 13.0. The molecule has 1 fully saturated rings. The molecule has 0 aromatic heterocycles. The molecule has 1 aliphatic rings. The predicted molar refractivity (Wildman–Crippen MR) is 64.5 cm³/mol. The molecule has 0 unspecified atom stereocenters. The topological polar surface area (TPSA) is 12.0 Å². The molecule has 0 aliphatic heterocycles. The van der Waals surface area contributed by atoms with Crippen LogP contribution in [-0.4, -0.2) is 6.54 Å². The van der Waals surface area contributed by atoms with E-state index in [1.165, 1.54) is 12.8 Å². The van der Waals surface area contributed by atoms with Crippen molar-refractivity contribution in [2.75, 3.05) is 6.54 Å². The van der Waals surface area contributed by atoms with Crippen molar-refractivity contribution < 1.29 is 13.2 Å². The molecule has 1 aromatic rings. The molecule has 1 aliphatic carbocycles. The van der Waals surface area contributed by atoms with Gasteiger partial charge in [-0.05, 0) is 41.9 Å². The van der Waals surface area contributed by atoms with Gasteiger partial charge in [-0.1, -0.05) is 13.8 Å². The molecular weight excluding hydrogens is 239 g/mol. The zero-order chi connectivity index (χ0) is 13.3. The van der Waals surface area contributed by atoms with Gasteiger partial charge in [0, 0.05) is 13.1 Å². The summed E-state index contributed by atoms with van der Waals surface area (Å²) in [5.74, 6) is -3.06. The van der Waals surface area contributed by atoms with Crippen molar-refractivity contribution in [3.63, 3.8) is 0 Å². The Bertz CT molecular complexity index is 416. The molecule has 18 heavy (non-hydrogen) atoms. The molecular formula is C14H18F3N. The second kappa shape index (κ2) is 4.92. The molecule has 4 heteroatoms. The number of rotatable bonds is 5. The number of nitrogens with one attached hydrogen (secondary N) is 1. The van der Waals surface area contributed by atoms with Crippen molar-refractivity contribution in [2.24, 2.45) is 11.3 Å². The second-order valence-electron chi connectivity index (χ2n) is 5.49. The Labute approximate surface area is 105 Å². The fraction of sp³-hybridized carbons (Fsp3) is 0.571.